The van der Waals surface area contributed by atoms with Crippen LogP contribution in [0.1, 0.15) is 104 Å². The molecule has 0 unspecified atom stereocenters. The summed E-state index contributed by atoms with van der Waals surface area (Å²) in [5.74, 6) is 0. The van der Waals surface area contributed by atoms with E-state index in [0.717, 1.165) is 13.0 Å². The third kappa shape index (κ3) is 15.4. The quantitative estimate of drug-likeness (QED) is 0.305. The summed E-state index contributed by atoms with van der Waals surface area (Å²) in [5.41, 5.74) is -0.490. The fourth-order valence-electron chi connectivity index (χ4n) is 2.86. The Bertz CT molecular complexity index is 239. The van der Waals surface area contributed by atoms with Crippen LogP contribution in [0.25, 0.3) is 0 Å². The first kappa shape index (κ1) is 23.9. The lowest BCUT2D eigenvalue weighted by Crippen LogP contribution is -2.31. The number of rotatable bonds is 19. The zero-order chi connectivity index (χ0) is 17.9. The van der Waals surface area contributed by atoms with Gasteiger partial charge in [-0.05, 0) is 6.42 Å². The summed E-state index contributed by atoms with van der Waals surface area (Å²) in [5, 5.41) is 18.3. The Hall–Kier alpha value is -0.120. The van der Waals surface area contributed by atoms with E-state index in [4.69, 9.17) is 4.74 Å². The second kappa shape index (κ2) is 17.7. The summed E-state index contributed by atoms with van der Waals surface area (Å²) in [6.07, 6.45) is 19.1. The highest BCUT2D eigenvalue weighted by atomic mass is 16.5. The average Bonchev–Trinajstić information content (AvgIpc) is 2.61. The van der Waals surface area contributed by atoms with Gasteiger partial charge in [-0.15, -0.1) is 0 Å². The maximum Gasteiger partial charge on any atom is 0.0563 e. The van der Waals surface area contributed by atoms with Crippen molar-refractivity contribution in [3.63, 3.8) is 0 Å². The van der Waals surface area contributed by atoms with Crippen molar-refractivity contribution in [3.05, 3.63) is 0 Å². The summed E-state index contributed by atoms with van der Waals surface area (Å²) >= 11 is 0. The van der Waals surface area contributed by atoms with E-state index in [2.05, 4.69) is 6.92 Å². The number of hydrogen-bond acceptors (Lipinski definition) is 3. The summed E-state index contributed by atoms with van der Waals surface area (Å²) in [4.78, 5) is 0. The maximum atomic E-state index is 9.17. The van der Waals surface area contributed by atoms with Crippen LogP contribution in [0.5, 0.6) is 0 Å². The summed E-state index contributed by atoms with van der Waals surface area (Å²) < 4.78 is 5.57. The van der Waals surface area contributed by atoms with Crippen LogP contribution in [0.3, 0.4) is 0 Å². The molecule has 0 saturated carbocycles. The third-order valence-corrected chi connectivity index (χ3v) is 4.86. The molecule has 2 N–H and O–H groups in total. The molecule has 0 spiro atoms. The number of hydrogen-bond donors (Lipinski definition) is 2. The molecule has 3 nitrogen and oxygen atoms in total. The molecule has 0 rings (SSSR count). The summed E-state index contributed by atoms with van der Waals surface area (Å²) in [6.45, 7) is 5.26. The SMILES string of the molecule is CCCCCCCCCCCCCCCCOCC(C)(CO)CO. The molecule has 0 aromatic rings. The van der Waals surface area contributed by atoms with Gasteiger partial charge in [0.1, 0.15) is 0 Å². The van der Waals surface area contributed by atoms with E-state index in [1.54, 1.807) is 0 Å². The fourth-order valence-corrected chi connectivity index (χ4v) is 2.86. The van der Waals surface area contributed by atoms with Crippen molar-refractivity contribution in [3.8, 4) is 0 Å². The third-order valence-electron chi connectivity index (χ3n) is 4.86. The molecule has 3 heteroatoms. The van der Waals surface area contributed by atoms with Crippen LogP contribution >= 0.6 is 0 Å². The van der Waals surface area contributed by atoms with Gasteiger partial charge >= 0.3 is 0 Å². The Morgan fingerprint density at radius 3 is 1.38 bits per heavy atom. The van der Waals surface area contributed by atoms with Crippen LogP contribution < -0.4 is 0 Å². The van der Waals surface area contributed by atoms with E-state index in [0.29, 0.717) is 6.61 Å². The Balaban J connectivity index is 3.13. The lowest BCUT2D eigenvalue weighted by atomic mass is 9.94. The van der Waals surface area contributed by atoms with Crippen molar-refractivity contribution >= 4 is 0 Å². The van der Waals surface area contributed by atoms with Gasteiger partial charge in [-0.3, -0.25) is 0 Å². The van der Waals surface area contributed by atoms with E-state index in [-0.39, 0.29) is 13.2 Å². The zero-order valence-corrected chi connectivity index (χ0v) is 16.5. The number of aliphatic hydroxyl groups excluding tert-OH is 2. The second-order valence-electron chi connectivity index (χ2n) is 7.78. The van der Waals surface area contributed by atoms with E-state index < -0.39 is 5.41 Å². The number of ether oxygens (including phenoxy) is 1. The molecule has 0 aliphatic carbocycles. The Labute approximate surface area is 151 Å². The van der Waals surface area contributed by atoms with E-state index in [9.17, 15) is 10.2 Å². The van der Waals surface area contributed by atoms with Crippen molar-refractivity contribution in [1.82, 2.24) is 0 Å². The molecule has 0 aliphatic heterocycles. The van der Waals surface area contributed by atoms with Crippen LogP contribution in [0.15, 0.2) is 0 Å². The zero-order valence-electron chi connectivity index (χ0n) is 16.5. The Morgan fingerprint density at radius 1 is 0.625 bits per heavy atom. The Morgan fingerprint density at radius 2 is 1.00 bits per heavy atom. The molecule has 0 aromatic carbocycles. The average molecular weight is 345 g/mol. The van der Waals surface area contributed by atoms with Crippen molar-refractivity contribution < 1.29 is 14.9 Å². The molecule has 0 atom stereocenters. The summed E-state index contributed by atoms with van der Waals surface area (Å²) in [6, 6.07) is 0. The van der Waals surface area contributed by atoms with Gasteiger partial charge in [-0.1, -0.05) is 97.3 Å². The standard InChI is InChI=1S/C21H44O3/c1-3-4-5-6-7-8-9-10-11-12-13-14-15-16-17-24-20-21(2,18-22)19-23/h22-23H,3-20H2,1-2H3. The monoisotopic (exact) mass is 344 g/mol. The largest absolute Gasteiger partial charge is 0.396 e. The highest BCUT2D eigenvalue weighted by molar-refractivity contribution is 4.70. The van der Waals surface area contributed by atoms with Gasteiger partial charge in [-0.25, -0.2) is 0 Å². The molecule has 0 saturated heterocycles. The smallest absolute Gasteiger partial charge is 0.0563 e. The van der Waals surface area contributed by atoms with E-state index >= 15 is 0 Å². The lowest BCUT2D eigenvalue weighted by molar-refractivity contribution is -0.0169. The van der Waals surface area contributed by atoms with E-state index in [1.807, 2.05) is 6.92 Å². The lowest BCUT2D eigenvalue weighted by Gasteiger charge is -2.24. The molecule has 0 aliphatic rings. The highest BCUT2D eigenvalue weighted by Crippen LogP contribution is 2.15. The first-order valence-corrected chi connectivity index (χ1v) is 10.5. The number of unbranched alkanes of at least 4 members (excludes halogenated alkanes) is 13. The molecule has 0 amide bonds. The van der Waals surface area contributed by atoms with Gasteiger partial charge in [0.05, 0.1) is 19.8 Å². The van der Waals surface area contributed by atoms with Crippen LogP contribution in [-0.4, -0.2) is 36.6 Å². The highest BCUT2D eigenvalue weighted by Gasteiger charge is 2.22. The predicted molar refractivity (Wildman–Crippen MR) is 103 cm³/mol. The minimum absolute atomic E-state index is 0.0256. The normalized spacial score (nSPS) is 12.0. The van der Waals surface area contributed by atoms with Gasteiger partial charge in [0.15, 0.2) is 0 Å². The van der Waals surface area contributed by atoms with Crippen molar-refractivity contribution in [1.29, 1.82) is 0 Å². The minimum atomic E-state index is -0.490. The predicted octanol–water partition coefficient (Wildman–Crippen LogP) is 5.48. The molecular weight excluding hydrogens is 300 g/mol. The molecule has 0 heterocycles. The minimum Gasteiger partial charge on any atom is -0.396 e. The number of aliphatic hydroxyl groups is 2. The van der Waals surface area contributed by atoms with Gasteiger partial charge in [0.2, 0.25) is 0 Å². The van der Waals surface area contributed by atoms with Crippen LogP contribution in [0.4, 0.5) is 0 Å². The van der Waals surface area contributed by atoms with Gasteiger partial charge < -0.3 is 14.9 Å². The molecule has 146 valence electrons. The maximum absolute atomic E-state index is 9.17. The van der Waals surface area contributed by atoms with Crippen LogP contribution in [0.2, 0.25) is 0 Å². The second-order valence-corrected chi connectivity index (χ2v) is 7.78. The van der Waals surface area contributed by atoms with Gasteiger partial charge in [-0.2, -0.15) is 0 Å². The van der Waals surface area contributed by atoms with Crippen molar-refractivity contribution in [2.24, 2.45) is 5.41 Å². The molecule has 0 fully saturated rings. The van der Waals surface area contributed by atoms with Gasteiger partial charge in [0.25, 0.3) is 0 Å². The molecule has 0 radical (unpaired) electrons. The molecular formula is C21H44O3. The molecule has 0 bridgehead atoms. The van der Waals surface area contributed by atoms with Crippen molar-refractivity contribution in [2.75, 3.05) is 26.4 Å². The molecule has 0 aromatic heterocycles. The topological polar surface area (TPSA) is 49.7 Å². The fraction of sp³-hybridized carbons (Fsp3) is 1.00. The molecule has 24 heavy (non-hydrogen) atoms. The van der Waals surface area contributed by atoms with Crippen LogP contribution in [-0.2, 0) is 4.74 Å². The van der Waals surface area contributed by atoms with Crippen LogP contribution in [0, 0.1) is 5.41 Å². The Kier molecular flexibility index (Phi) is 17.6. The van der Waals surface area contributed by atoms with Gasteiger partial charge in [0, 0.05) is 12.0 Å². The first-order valence-electron chi connectivity index (χ1n) is 10.5. The van der Waals surface area contributed by atoms with E-state index in [1.165, 1.54) is 83.5 Å². The first-order chi connectivity index (χ1) is 11.7. The van der Waals surface area contributed by atoms with Crippen molar-refractivity contribution in [2.45, 2.75) is 104 Å². The summed E-state index contributed by atoms with van der Waals surface area (Å²) in [7, 11) is 0.